The Kier molecular flexibility index (Phi) is 4.39. The van der Waals surface area contributed by atoms with Gasteiger partial charge in [-0.1, -0.05) is 18.2 Å². The zero-order valence-corrected chi connectivity index (χ0v) is 12.7. The van der Waals surface area contributed by atoms with Crippen LogP contribution in [0.15, 0.2) is 36.5 Å². The van der Waals surface area contributed by atoms with Crippen molar-refractivity contribution >= 4 is 28.4 Å². The molecule has 1 aliphatic heterocycles. The summed E-state index contributed by atoms with van der Waals surface area (Å²) in [5.74, 6) is 0.717. The van der Waals surface area contributed by atoms with Crippen LogP contribution in [0.4, 0.5) is 0 Å². The number of carbonyl (C=O) groups excluding carboxylic acids is 1. The second-order valence-corrected chi connectivity index (χ2v) is 5.88. The van der Waals surface area contributed by atoms with E-state index in [9.17, 15) is 4.79 Å². The molecular formula is C17H19ClN2O. The second kappa shape index (κ2) is 6.44. The maximum atomic E-state index is 13.0. The van der Waals surface area contributed by atoms with E-state index in [0.717, 1.165) is 42.3 Å². The molecule has 1 fully saturated rings. The van der Waals surface area contributed by atoms with Crippen LogP contribution in [0.25, 0.3) is 10.9 Å². The predicted molar refractivity (Wildman–Crippen MR) is 85.8 cm³/mol. The molecule has 1 aliphatic rings. The van der Waals surface area contributed by atoms with Crippen LogP contribution in [-0.4, -0.2) is 34.3 Å². The third-order valence-electron chi connectivity index (χ3n) is 4.21. The van der Waals surface area contributed by atoms with Crippen LogP contribution in [-0.2, 0) is 0 Å². The number of piperidine rings is 1. The second-order valence-electron chi connectivity index (χ2n) is 5.50. The van der Waals surface area contributed by atoms with Crippen LogP contribution in [0.5, 0.6) is 0 Å². The minimum atomic E-state index is 0.114. The Bertz CT molecular complexity index is 636. The van der Waals surface area contributed by atoms with E-state index in [2.05, 4.69) is 4.98 Å². The summed E-state index contributed by atoms with van der Waals surface area (Å²) in [5.41, 5.74) is 1.62. The fourth-order valence-corrected chi connectivity index (χ4v) is 3.38. The molecule has 1 aromatic heterocycles. The molecule has 1 saturated heterocycles. The summed E-state index contributed by atoms with van der Waals surface area (Å²) in [7, 11) is 0. The molecule has 1 atom stereocenters. The van der Waals surface area contributed by atoms with Gasteiger partial charge in [-0.25, -0.2) is 0 Å². The van der Waals surface area contributed by atoms with E-state index in [1.54, 1.807) is 6.20 Å². The van der Waals surface area contributed by atoms with Gasteiger partial charge in [0.25, 0.3) is 5.91 Å². The largest absolute Gasteiger partial charge is 0.336 e. The maximum Gasteiger partial charge on any atom is 0.254 e. The Balaban J connectivity index is 1.95. The Morgan fingerprint density at radius 1 is 1.29 bits per heavy atom. The van der Waals surface area contributed by atoms with Crippen LogP contribution in [0.3, 0.4) is 0 Å². The fourth-order valence-electron chi connectivity index (χ4n) is 3.13. The van der Waals surface area contributed by atoms with Crippen molar-refractivity contribution in [3.05, 3.63) is 42.1 Å². The van der Waals surface area contributed by atoms with Gasteiger partial charge in [-0.15, -0.1) is 11.6 Å². The molecule has 0 radical (unpaired) electrons. The normalized spacial score (nSPS) is 18.9. The molecule has 110 valence electrons. The molecule has 1 unspecified atom stereocenters. The number of pyridine rings is 1. The number of para-hydroxylation sites is 1. The Morgan fingerprint density at radius 2 is 2.14 bits per heavy atom. The number of fused-ring (bicyclic) bond motifs is 1. The molecule has 0 N–H and O–H groups in total. The van der Waals surface area contributed by atoms with Crippen molar-refractivity contribution in [1.82, 2.24) is 9.88 Å². The van der Waals surface area contributed by atoms with Crippen molar-refractivity contribution in [2.45, 2.75) is 31.7 Å². The highest BCUT2D eigenvalue weighted by molar-refractivity contribution is 6.17. The Labute approximate surface area is 129 Å². The monoisotopic (exact) mass is 302 g/mol. The molecule has 0 bridgehead atoms. The number of likely N-dealkylation sites (tertiary alicyclic amines) is 1. The van der Waals surface area contributed by atoms with Crippen LogP contribution < -0.4 is 0 Å². The predicted octanol–water partition coefficient (Wildman–Crippen LogP) is 3.86. The van der Waals surface area contributed by atoms with Crippen molar-refractivity contribution in [1.29, 1.82) is 0 Å². The van der Waals surface area contributed by atoms with E-state index < -0.39 is 0 Å². The summed E-state index contributed by atoms with van der Waals surface area (Å²) in [5, 5.41) is 0.931. The van der Waals surface area contributed by atoms with E-state index in [1.165, 1.54) is 6.42 Å². The number of amides is 1. The third kappa shape index (κ3) is 2.88. The van der Waals surface area contributed by atoms with E-state index in [0.29, 0.717) is 5.88 Å². The number of rotatable bonds is 3. The minimum absolute atomic E-state index is 0.114. The van der Waals surface area contributed by atoms with E-state index in [-0.39, 0.29) is 11.9 Å². The summed E-state index contributed by atoms with van der Waals surface area (Å²) in [4.78, 5) is 19.3. The van der Waals surface area contributed by atoms with Crippen LogP contribution in [0, 0.1) is 0 Å². The quantitative estimate of drug-likeness (QED) is 0.807. The first kappa shape index (κ1) is 14.3. The highest BCUT2D eigenvalue weighted by atomic mass is 35.5. The SMILES string of the molecule is O=C(c1ccnc2ccccc12)N1CCCCC1CCCl. The van der Waals surface area contributed by atoms with Crippen molar-refractivity contribution < 1.29 is 4.79 Å². The van der Waals surface area contributed by atoms with Gasteiger partial charge in [0, 0.05) is 30.0 Å². The molecule has 2 heterocycles. The summed E-state index contributed by atoms with van der Waals surface area (Å²) < 4.78 is 0. The number of halogens is 1. The maximum absolute atomic E-state index is 13.0. The van der Waals surface area contributed by atoms with Crippen LogP contribution in [0.1, 0.15) is 36.0 Å². The molecule has 3 rings (SSSR count). The van der Waals surface area contributed by atoms with Crippen LogP contribution >= 0.6 is 11.6 Å². The standard InChI is InChI=1S/C17H19ClN2O/c18-10-8-13-5-3-4-12-20(13)17(21)15-9-11-19-16-7-2-1-6-14(15)16/h1-2,6-7,9,11,13H,3-5,8,10,12H2. The molecule has 4 heteroatoms. The van der Waals surface area contributed by atoms with Gasteiger partial charge >= 0.3 is 0 Å². The summed E-state index contributed by atoms with van der Waals surface area (Å²) >= 11 is 5.90. The average Bonchev–Trinajstić information content (AvgIpc) is 2.54. The van der Waals surface area contributed by atoms with Crippen molar-refractivity contribution in [3.8, 4) is 0 Å². The third-order valence-corrected chi connectivity index (χ3v) is 4.43. The summed E-state index contributed by atoms with van der Waals surface area (Å²) in [6.45, 7) is 0.830. The van der Waals surface area contributed by atoms with E-state index in [1.807, 2.05) is 35.2 Å². The smallest absolute Gasteiger partial charge is 0.254 e. The Morgan fingerprint density at radius 3 is 3.00 bits per heavy atom. The molecule has 2 aromatic rings. The Hall–Kier alpha value is -1.61. The average molecular weight is 303 g/mol. The number of aromatic nitrogens is 1. The zero-order chi connectivity index (χ0) is 14.7. The van der Waals surface area contributed by atoms with Crippen molar-refractivity contribution in [2.75, 3.05) is 12.4 Å². The fraction of sp³-hybridized carbons (Fsp3) is 0.412. The first-order valence-electron chi connectivity index (χ1n) is 7.52. The highest BCUT2D eigenvalue weighted by Gasteiger charge is 2.27. The number of benzene rings is 1. The number of carbonyl (C=O) groups is 1. The lowest BCUT2D eigenvalue weighted by atomic mass is 9.98. The van der Waals surface area contributed by atoms with Crippen molar-refractivity contribution in [3.63, 3.8) is 0 Å². The summed E-state index contributed by atoms with van der Waals surface area (Å²) in [6.07, 6.45) is 5.91. The van der Waals surface area contributed by atoms with Gasteiger partial charge in [0.05, 0.1) is 11.1 Å². The molecular weight excluding hydrogens is 284 g/mol. The number of hydrogen-bond donors (Lipinski definition) is 0. The summed E-state index contributed by atoms with van der Waals surface area (Å²) in [6, 6.07) is 9.91. The number of alkyl halides is 1. The first-order valence-corrected chi connectivity index (χ1v) is 8.05. The van der Waals surface area contributed by atoms with Gasteiger partial charge in [-0.3, -0.25) is 9.78 Å². The van der Waals surface area contributed by atoms with Crippen molar-refractivity contribution in [2.24, 2.45) is 0 Å². The number of nitrogens with zero attached hydrogens (tertiary/aromatic N) is 2. The van der Waals surface area contributed by atoms with Gasteiger partial charge in [0.1, 0.15) is 0 Å². The molecule has 1 amide bonds. The van der Waals surface area contributed by atoms with Gasteiger partial charge in [-0.05, 0) is 37.8 Å². The zero-order valence-electron chi connectivity index (χ0n) is 12.0. The molecule has 0 saturated carbocycles. The highest BCUT2D eigenvalue weighted by Crippen LogP contribution is 2.25. The number of hydrogen-bond acceptors (Lipinski definition) is 2. The molecule has 3 nitrogen and oxygen atoms in total. The topological polar surface area (TPSA) is 33.2 Å². The van der Waals surface area contributed by atoms with Gasteiger partial charge in [-0.2, -0.15) is 0 Å². The molecule has 0 spiro atoms. The molecule has 1 aromatic carbocycles. The molecule has 0 aliphatic carbocycles. The van der Waals surface area contributed by atoms with E-state index in [4.69, 9.17) is 11.6 Å². The van der Waals surface area contributed by atoms with Gasteiger partial charge in [0.15, 0.2) is 0 Å². The van der Waals surface area contributed by atoms with Gasteiger partial charge in [0.2, 0.25) is 0 Å². The lowest BCUT2D eigenvalue weighted by Crippen LogP contribution is -2.44. The van der Waals surface area contributed by atoms with Gasteiger partial charge < -0.3 is 4.90 Å². The van der Waals surface area contributed by atoms with E-state index >= 15 is 0 Å². The lowest BCUT2D eigenvalue weighted by Gasteiger charge is -2.35. The minimum Gasteiger partial charge on any atom is -0.336 e. The van der Waals surface area contributed by atoms with Crippen LogP contribution in [0.2, 0.25) is 0 Å². The molecule has 21 heavy (non-hydrogen) atoms. The first-order chi connectivity index (χ1) is 10.3. The lowest BCUT2D eigenvalue weighted by molar-refractivity contribution is 0.0611.